The Morgan fingerprint density at radius 1 is 1.33 bits per heavy atom. The van der Waals surface area contributed by atoms with Crippen LogP contribution in [0, 0.1) is 0 Å². The van der Waals surface area contributed by atoms with Gasteiger partial charge in [0, 0.05) is 0 Å². The summed E-state index contributed by atoms with van der Waals surface area (Å²) in [6, 6.07) is 0. The van der Waals surface area contributed by atoms with Crippen molar-refractivity contribution in [3.05, 3.63) is 0 Å². The molecule has 0 fully saturated rings. The van der Waals surface area contributed by atoms with Crippen LogP contribution in [-0.2, 0) is 0 Å². The maximum atomic E-state index is 2.80. The zero-order valence-electron chi connectivity index (χ0n) is 3.85. The number of rotatable bonds is 1. The first kappa shape index (κ1) is 7.64. The molecule has 4 heteroatoms. The summed E-state index contributed by atoms with van der Waals surface area (Å²) in [6.45, 7) is 2.18. The molecule has 0 saturated heterocycles. The minimum absolute atomic E-state index is 0.412. The second-order valence-electron chi connectivity index (χ2n) is 1.20. The fourth-order valence-corrected chi connectivity index (χ4v) is 0. The molecule has 0 rings (SSSR count). The molecule has 0 saturated carbocycles. The van der Waals surface area contributed by atoms with E-state index in [0.29, 0.717) is 0 Å². The van der Waals surface area contributed by atoms with Crippen LogP contribution in [0.4, 0.5) is 0 Å². The Balaban J connectivity index is 3.17. The molecule has 0 nitrogen and oxygen atoms in total. The van der Waals surface area contributed by atoms with Gasteiger partial charge in [0.05, 0.1) is 0 Å². The zero-order chi connectivity index (χ0) is 5.21. The summed E-state index contributed by atoms with van der Waals surface area (Å²) >= 11 is 0. The van der Waals surface area contributed by atoms with Crippen LogP contribution in [0.5, 0.6) is 0 Å². The standard InChI is InChI=1S/C2H11P3S/c1-2-6(3,4)5/h2-5H2,1H3. The van der Waals surface area contributed by atoms with Crippen molar-refractivity contribution >= 4 is 34.2 Å². The highest BCUT2D eigenvalue weighted by molar-refractivity contribution is 9.12. The zero-order valence-corrected chi connectivity index (χ0v) is 8.13. The molecule has 0 aromatic carbocycles. The second kappa shape index (κ2) is 2.83. The molecule has 3 atom stereocenters. The number of hydrogen-bond acceptors (Lipinski definition) is 0. The highest BCUT2D eigenvalue weighted by atomic mass is 33.4. The Morgan fingerprint density at radius 3 is 1.50 bits per heavy atom. The molecule has 3 unspecified atom stereocenters. The van der Waals surface area contributed by atoms with Gasteiger partial charge in [0.1, 0.15) is 0 Å². The van der Waals surface area contributed by atoms with Crippen LogP contribution in [0.1, 0.15) is 6.92 Å². The molecule has 0 radical (unpaired) electrons. The Labute approximate surface area is 47.4 Å². The molecule has 40 valence electrons. The van der Waals surface area contributed by atoms with Crippen LogP contribution < -0.4 is 0 Å². The van der Waals surface area contributed by atoms with E-state index in [-0.39, 0.29) is 0 Å². The third-order valence-electron chi connectivity index (χ3n) is 0.500. The van der Waals surface area contributed by atoms with Crippen molar-refractivity contribution in [2.75, 3.05) is 5.75 Å². The lowest BCUT2D eigenvalue weighted by molar-refractivity contribution is 1.54. The van der Waals surface area contributed by atoms with Gasteiger partial charge in [-0.3, -0.25) is 0 Å². The van der Waals surface area contributed by atoms with Crippen LogP contribution in [0.3, 0.4) is 0 Å². The van der Waals surface area contributed by atoms with Gasteiger partial charge >= 0.3 is 0 Å². The monoisotopic (exact) mass is 160 g/mol. The van der Waals surface area contributed by atoms with E-state index < -0.39 is 8.89 Å². The average molecular weight is 160 g/mol. The molecule has 0 N–H and O–H groups in total. The molecule has 0 aliphatic rings. The van der Waals surface area contributed by atoms with Crippen LogP contribution in [-0.4, -0.2) is 5.75 Å². The fourth-order valence-electron chi connectivity index (χ4n) is 0. The van der Waals surface area contributed by atoms with Crippen LogP contribution >= 0.6 is 34.2 Å². The molecule has 0 aromatic heterocycles. The second-order valence-corrected chi connectivity index (χ2v) is 16.4. The molecule has 0 spiro atoms. The van der Waals surface area contributed by atoms with Gasteiger partial charge in [-0.25, -0.2) is 0 Å². The van der Waals surface area contributed by atoms with E-state index in [1.807, 2.05) is 0 Å². The quantitative estimate of drug-likeness (QED) is 0.515. The van der Waals surface area contributed by atoms with Crippen molar-refractivity contribution in [1.82, 2.24) is 0 Å². The lowest BCUT2D eigenvalue weighted by atomic mass is 11.0. The molecule has 6 heavy (non-hydrogen) atoms. The van der Waals surface area contributed by atoms with Crippen molar-refractivity contribution in [1.29, 1.82) is 0 Å². The molecule has 0 aliphatic carbocycles. The topological polar surface area (TPSA) is 0 Å². The third kappa shape index (κ3) is 5.64. The van der Waals surface area contributed by atoms with E-state index in [4.69, 9.17) is 0 Å². The molecule has 0 aromatic rings. The van der Waals surface area contributed by atoms with Gasteiger partial charge in [-0.05, 0) is 5.75 Å². The SMILES string of the molecule is CCS(P)(P)P. The van der Waals surface area contributed by atoms with E-state index in [2.05, 4.69) is 32.2 Å². The van der Waals surface area contributed by atoms with Crippen molar-refractivity contribution in [2.24, 2.45) is 0 Å². The van der Waals surface area contributed by atoms with Gasteiger partial charge in [0.15, 0.2) is 0 Å². The molecule has 0 aliphatic heterocycles. The van der Waals surface area contributed by atoms with Gasteiger partial charge in [-0.15, -0.1) is 0 Å². The molecular formula is C2H11P3S. The van der Waals surface area contributed by atoms with E-state index in [0.717, 1.165) is 0 Å². The first-order valence-electron chi connectivity index (χ1n) is 1.70. The number of hydrogen-bond donors (Lipinski definition) is 0. The summed E-state index contributed by atoms with van der Waals surface area (Å²) in [5, 5.41) is 0. The maximum absolute atomic E-state index is 2.80. The summed E-state index contributed by atoms with van der Waals surface area (Å²) < 4.78 is 0. The highest BCUT2D eigenvalue weighted by Gasteiger charge is 1.96. The Morgan fingerprint density at radius 2 is 1.50 bits per heavy atom. The van der Waals surface area contributed by atoms with Crippen molar-refractivity contribution in [3.8, 4) is 0 Å². The van der Waals surface area contributed by atoms with Crippen molar-refractivity contribution < 1.29 is 0 Å². The summed E-state index contributed by atoms with van der Waals surface area (Å²) in [7, 11) is 7.99. The van der Waals surface area contributed by atoms with Gasteiger partial charge in [-0.1, -0.05) is 32.2 Å². The van der Waals surface area contributed by atoms with E-state index in [1.54, 1.807) is 0 Å². The van der Waals surface area contributed by atoms with Gasteiger partial charge in [-0.2, -0.15) is 8.89 Å². The van der Waals surface area contributed by atoms with Gasteiger partial charge in [0.25, 0.3) is 0 Å². The Kier molecular flexibility index (Phi) is 3.60. The lowest BCUT2D eigenvalue weighted by Crippen LogP contribution is -1.66. The Bertz CT molecular complexity index is 38.5. The van der Waals surface area contributed by atoms with Crippen molar-refractivity contribution in [2.45, 2.75) is 6.92 Å². The minimum atomic E-state index is -0.412. The molecular weight excluding hydrogens is 149 g/mol. The smallest absolute Gasteiger partial charge is 0.0164 e. The van der Waals surface area contributed by atoms with Crippen LogP contribution in [0.15, 0.2) is 0 Å². The van der Waals surface area contributed by atoms with E-state index in [1.165, 1.54) is 5.75 Å². The normalized spacial score (nSPS) is 14.7. The highest BCUT2D eigenvalue weighted by Crippen LogP contribution is 2.69. The summed E-state index contributed by atoms with van der Waals surface area (Å²) in [4.78, 5) is 0. The van der Waals surface area contributed by atoms with E-state index >= 15 is 0 Å². The molecule has 0 amide bonds. The summed E-state index contributed by atoms with van der Waals surface area (Å²) in [5.41, 5.74) is 0. The largest absolute Gasteiger partial charge is 0.196 e. The predicted molar refractivity (Wildman–Crippen MR) is 47.3 cm³/mol. The van der Waals surface area contributed by atoms with Crippen LogP contribution in [0.25, 0.3) is 0 Å². The lowest BCUT2D eigenvalue weighted by Gasteiger charge is -2.20. The van der Waals surface area contributed by atoms with Gasteiger partial charge in [0.2, 0.25) is 0 Å². The maximum Gasteiger partial charge on any atom is -0.0164 e. The fraction of sp³-hybridized carbons (Fsp3) is 1.00. The molecule has 0 heterocycles. The average Bonchev–Trinajstić information content (AvgIpc) is 1.35. The predicted octanol–water partition coefficient (Wildman–Crippen LogP) is 2.18. The minimum Gasteiger partial charge on any atom is -0.196 e. The van der Waals surface area contributed by atoms with Gasteiger partial charge < -0.3 is 0 Å². The first-order valence-corrected chi connectivity index (χ1v) is 7.94. The molecule has 0 bridgehead atoms. The van der Waals surface area contributed by atoms with Crippen LogP contribution in [0.2, 0.25) is 0 Å². The van der Waals surface area contributed by atoms with Crippen molar-refractivity contribution in [3.63, 3.8) is 0 Å². The Hall–Kier alpha value is 1.64. The van der Waals surface area contributed by atoms with E-state index in [9.17, 15) is 0 Å². The third-order valence-corrected chi connectivity index (χ3v) is 4.50. The summed E-state index contributed by atoms with van der Waals surface area (Å²) in [6.07, 6.45) is 0. The first-order chi connectivity index (χ1) is 2.56. The summed E-state index contributed by atoms with van der Waals surface area (Å²) in [5.74, 6) is 1.24.